The molecule has 0 atom stereocenters. The third-order valence-electron chi connectivity index (χ3n) is 4.00. The van der Waals surface area contributed by atoms with Crippen LogP contribution in [0.4, 0.5) is 0 Å². The summed E-state index contributed by atoms with van der Waals surface area (Å²) in [6, 6.07) is 17.3. The topological polar surface area (TPSA) is 83.2 Å². The average Bonchev–Trinajstić information content (AvgIpc) is 3.08. The number of benzene rings is 2. The lowest BCUT2D eigenvalue weighted by atomic mass is 10.1. The quantitative estimate of drug-likeness (QED) is 0.584. The van der Waals surface area contributed by atoms with Crippen molar-refractivity contribution in [3.8, 4) is 5.75 Å². The highest BCUT2D eigenvalue weighted by atomic mass is 16.5. The van der Waals surface area contributed by atoms with Crippen molar-refractivity contribution in [2.24, 2.45) is 5.92 Å². The Balaban J connectivity index is 1.63. The number of aromatic amines is 1. The number of H-pyrrole nitrogens is 1. The standard InChI is InChI=1S/C21H23N3O3/c1-14(2)10-20(25)23-24-21(26)19-11-16-8-9-17(12-18(16)22-19)27-13-15-6-4-3-5-7-15/h3-9,11-12,14,22H,10,13H2,1-2H3,(H,23,25)(H,24,26). The van der Waals surface area contributed by atoms with E-state index in [4.69, 9.17) is 4.74 Å². The molecule has 0 radical (unpaired) electrons. The molecular formula is C21H23N3O3. The van der Waals surface area contributed by atoms with E-state index in [2.05, 4.69) is 15.8 Å². The summed E-state index contributed by atoms with van der Waals surface area (Å²) in [5.74, 6) is 0.329. The highest BCUT2D eigenvalue weighted by molar-refractivity contribution is 5.98. The van der Waals surface area contributed by atoms with Crippen LogP contribution in [-0.2, 0) is 11.4 Å². The summed E-state index contributed by atoms with van der Waals surface area (Å²) in [5, 5.41) is 0.890. The first kappa shape index (κ1) is 18.5. The van der Waals surface area contributed by atoms with Crippen molar-refractivity contribution in [2.75, 3.05) is 0 Å². The van der Waals surface area contributed by atoms with Crippen LogP contribution in [0.3, 0.4) is 0 Å². The summed E-state index contributed by atoms with van der Waals surface area (Å²) >= 11 is 0. The number of rotatable bonds is 6. The van der Waals surface area contributed by atoms with Crippen molar-refractivity contribution in [1.82, 2.24) is 15.8 Å². The van der Waals surface area contributed by atoms with E-state index < -0.39 is 5.91 Å². The molecule has 1 heterocycles. The van der Waals surface area contributed by atoms with Gasteiger partial charge in [0.1, 0.15) is 18.1 Å². The van der Waals surface area contributed by atoms with Crippen molar-refractivity contribution in [2.45, 2.75) is 26.9 Å². The van der Waals surface area contributed by atoms with E-state index in [9.17, 15) is 9.59 Å². The van der Waals surface area contributed by atoms with E-state index in [1.807, 2.05) is 62.4 Å². The lowest BCUT2D eigenvalue weighted by Crippen LogP contribution is -2.42. The average molecular weight is 365 g/mol. The summed E-state index contributed by atoms with van der Waals surface area (Å²) in [6.45, 7) is 4.36. The minimum absolute atomic E-state index is 0.217. The predicted octanol–water partition coefficient (Wildman–Crippen LogP) is 3.55. The number of carbonyl (C=O) groups is 2. The molecule has 0 aliphatic rings. The van der Waals surface area contributed by atoms with Gasteiger partial charge in [0, 0.05) is 23.4 Å². The molecule has 6 nitrogen and oxygen atoms in total. The van der Waals surface area contributed by atoms with Crippen molar-refractivity contribution in [3.05, 3.63) is 65.9 Å². The Hall–Kier alpha value is -3.28. The fourth-order valence-electron chi connectivity index (χ4n) is 2.67. The molecule has 2 amide bonds. The second-order valence-electron chi connectivity index (χ2n) is 6.81. The molecule has 0 unspecified atom stereocenters. The van der Waals surface area contributed by atoms with Crippen LogP contribution in [0.5, 0.6) is 5.75 Å². The van der Waals surface area contributed by atoms with E-state index in [1.54, 1.807) is 6.07 Å². The minimum Gasteiger partial charge on any atom is -0.489 e. The molecule has 0 fully saturated rings. The molecule has 0 bridgehead atoms. The molecule has 0 aliphatic carbocycles. The highest BCUT2D eigenvalue weighted by Crippen LogP contribution is 2.22. The molecule has 0 aliphatic heterocycles. The number of ether oxygens (including phenoxy) is 1. The Morgan fingerprint density at radius 3 is 2.56 bits per heavy atom. The van der Waals surface area contributed by atoms with Crippen molar-refractivity contribution < 1.29 is 14.3 Å². The Morgan fingerprint density at radius 1 is 1.04 bits per heavy atom. The smallest absolute Gasteiger partial charge is 0.286 e. The molecule has 3 aromatic rings. The second-order valence-corrected chi connectivity index (χ2v) is 6.81. The number of fused-ring (bicyclic) bond motifs is 1. The highest BCUT2D eigenvalue weighted by Gasteiger charge is 2.12. The fourth-order valence-corrected chi connectivity index (χ4v) is 2.67. The van der Waals surface area contributed by atoms with Gasteiger partial charge >= 0.3 is 0 Å². The van der Waals surface area contributed by atoms with Crippen LogP contribution in [0.2, 0.25) is 0 Å². The van der Waals surface area contributed by atoms with E-state index in [-0.39, 0.29) is 11.8 Å². The van der Waals surface area contributed by atoms with Crippen molar-refractivity contribution in [3.63, 3.8) is 0 Å². The molecule has 27 heavy (non-hydrogen) atoms. The number of carbonyl (C=O) groups excluding carboxylic acids is 2. The molecular weight excluding hydrogens is 342 g/mol. The van der Waals surface area contributed by atoms with Gasteiger partial charge in [-0.05, 0) is 29.7 Å². The van der Waals surface area contributed by atoms with Crippen LogP contribution in [0.1, 0.15) is 36.3 Å². The van der Waals surface area contributed by atoms with Gasteiger partial charge in [0.15, 0.2) is 0 Å². The summed E-state index contributed by atoms with van der Waals surface area (Å²) < 4.78 is 5.81. The summed E-state index contributed by atoms with van der Waals surface area (Å²) in [5.41, 5.74) is 7.09. The molecule has 3 rings (SSSR count). The number of amides is 2. The van der Waals surface area contributed by atoms with Gasteiger partial charge in [-0.2, -0.15) is 0 Å². The van der Waals surface area contributed by atoms with Crippen LogP contribution < -0.4 is 15.6 Å². The zero-order valence-corrected chi connectivity index (χ0v) is 15.4. The molecule has 6 heteroatoms. The van der Waals surface area contributed by atoms with Gasteiger partial charge in [0.25, 0.3) is 5.91 Å². The Bertz CT molecular complexity index is 932. The molecule has 0 saturated heterocycles. The number of hydrazine groups is 1. The van der Waals surface area contributed by atoms with Gasteiger partial charge in [0.05, 0.1) is 0 Å². The first-order valence-electron chi connectivity index (χ1n) is 8.90. The predicted molar refractivity (Wildman–Crippen MR) is 104 cm³/mol. The van der Waals surface area contributed by atoms with Crippen LogP contribution in [-0.4, -0.2) is 16.8 Å². The first-order valence-corrected chi connectivity index (χ1v) is 8.90. The molecule has 3 N–H and O–H groups in total. The Labute approximate surface area is 157 Å². The van der Waals surface area contributed by atoms with E-state index in [0.717, 1.165) is 16.5 Å². The summed E-state index contributed by atoms with van der Waals surface area (Å²) in [7, 11) is 0. The number of nitrogens with one attached hydrogen (secondary N) is 3. The van der Waals surface area contributed by atoms with E-state index in [0.29, 0.717) is 24.5 Å². The maximum atomic E-state index is 12.2. The molecule has 0 spiro atoms. The van der Waals surface area contributed by atoms with Crippen LogP contribution >= 0.6 is 0 Å². The molecule has 140 valence electrons. The van der Waals surface area contributed by atoms with Gasteiger partial charge in [-0.3, -0.25) is 20.4 Å². The Kier molecular flexibility index (Phi) is 5.76. The van der Waals surface area contributed by atoms with Crippen molar-refractivity contribution >= 4 is 22.7 Å². The monoisotopic (exact) mass is 365 g/mol. The van der Waals surface area contributed by atoms with Gasteiger partial charge in [-0.15, -0.1) is 0 Å². The Morgan fingerprint density at radius 2 is 1.81 bits per heavy atom. The number of hydrogen-bond donors (Lipinski definition) is 3. The molecule has 1 aromatic heterocycles. The zero-order chi connectivity index (χ0) is 19.2. The van der Waals surface area contributed by atoms with Crippen LogP contribution in [0, 0.1) is 5.92 Å². The summed E-state index contributed by atoms with van der Waals surface area (Å²) in [4.78, 5) is 26.9. The van der Waals surface area contributed by atoms with Gasteiger partial charge in [0.2, 0.25) is 5.91 Å². The van der Waals surface area contributed by atoms with Crippen LogP contribution in [0.15, 0.2) is 54.6 Å². The minimum atomic E-state index is -0.393. The van der Waals surface area contributed by atoms with E-state index in [1.165, 1.54) is 0 Å². The van der Waals surface area contributed by atoms with E-state index >= 15 is 0 Å². The maximum Gasteiger partial charge on any atom is 0.286 e. The lowest BCUT2D eigenvalue weighted by molar-refractivity contribution is -0.122. The summed E-state index contributed by atoms with van der Waals surface area (Å²) in [6.07, 6.45) is 0.356. The van der Waals surface area contributed by atoms with Gasteiger partial charge in [-0.1, -0.05) is 44.2 Å². The molecule has 2 aromatic carbocycles. The third kappa shape index (κ3) is 5.10. The number of aromatic nitrogens is 1. The lowest BCUT2D eigenvalue weighted by Gasteiger charge is -2.07. The first-order chi connectivity index (χ1) is 13.0. The fraction of sp³-hybridized carbons (Fsp3) is 0.238. The third-order valence-corrected chi connectivity index (χ3v) is 4.00. The SMILES string of the molecule is CC(C)CC(=O)NNC(=O)c1cc2ccc(OCc3ccccc3)cc2[nH]1. The zero-order valence-electron chi connectivity index (χ0n) is 15.4. The normalized spacial score (nSPS) is 10.8. The van der Waals surface area contributed by atoms with Gasteiger partial charge in [-0.25, -0.2) is 0 Å². The second kappa shape index (κ2) is 8.40. The van der Waals surface area contributed by atoms with Crippen LogP contribution in [0.25, 0.3) is 10.9 Å². The van der Waals surface area contributed by atoms with Crippen molar-refractivity contribution in [1.29, 1.82) is 0 Å². The number of hydrogen-bond acceptors (Lipinski definition) is 3. The molecule has 0 saturated carbocycles. The largest absolute Gasteiger partial charge is 0.489 e. The maximum absolute atomic E-state index is 12.2. The van der Waals surface area contributed by atoms with Gasteiger partial charge < -0.3 is 9.72 Å².